The van der Waals surface area contributed by atoms with Crippen LogP contribution in [-0.2, 0) is 0 Å². The van der Waals surface area contributed by atoms with Crippen LogP contribution < -0.4 is 28.4 Å². The molecule has 21 nitrogen and oxygen atoms in total. The van der Waals surface area contributed by atoms with Gasteiger partial charge in [-0.1, -0.05) is 171 Å². The van der Waals surface area contributed by atoms with Crippen molar-refractivity contribution in [1.82, 2.24) is 59.9 Å². The molecule has 10 aromatic rings. The summed E-state index contributed by atoms with van der Waals surface area (Å²) in [4.78, 5) is 54.0. The first-order valence-corrected chi connectivity index (χ1v) is 35.4. The van der Waals surface area contributed by atoms with Crippen LogP contribution in [-0.4, -0.2) is 97.7 Å². The number of benzene rings is 6. The average Bonchev–Trinajstić information content (AvgIpc) is 1.69. The first kappa shape index (κ1) is 71.3. The number of hydrogen-bond acceptors (Lipinski definition) is 18. The van der Waals surface area contributed by atoms with Crippen LogP contribution >= 0.6 is 0 Å². The number of ether oxygens (including phenoxy) is 6. The Balaban J connectivity index is 0.787. The van der Waals surface area contributed by atoms with E-state index in [1.165, 1.54) is 116 Å². The summed E-state index contributed by atoms with van der Waals surface area (Å²) in [5, 5.41) is 26.6. The minimum atomic E-state index is -0.505. The van der Waals surface area contributed by atoms with E-state index in [1.807, 2.05) is 0 Å². The van der Waals surface area contributed by atoms with Gasteiger partial charge in [0.15, 0.2) is 34.6 Å². The molecular formula is C78H90N12O9. The lowest BCUT2D eigenvalue weighted by Gasteiger charge is -2.08. The van der Waals surface area contributed by atoms with Crippen LogP contribution in [0.15, 0.2) is 164 Å². The molecule has 0 spiro atoms. The molecular weight excluding hydrogens is 1250 g/mol. The molecule has 4 heterocycles. The summed E-state index contributed by atoms with van der Waals surface area (Å²) < 4.78 is 39.6. The number of nitrogens with zero attached hydrogens (tertiary/aromatic N) is 12. The van der Waals surface area contributed by atoms with E-state index in [9.17, 15) is 14.4 Å². The lowest BCUT2D eigenvalue weighted by Crippen LogP contribution is -2.08. The SMILES string of the molecule is CCCCCCCCCCOc1ccc(C(=O)Oc2ccc(-n3cc(-c4nc(-c5cn(-c6ccc(OC(=O)c7ccc(OCCCCCCCCCC)cc7)cc6)nn5)nc(-c5cn(-c6ccc(OC(=O)c7ccc(OCCCCCCCCCC)cc7)cc6)nn5)n4)nn3)cc2)cc1. The maximum atomic E-state index is 13.2. The van der Waals surface area contributed by atoms with Crippen molar-refractivity contribution in [2.45, 2.75) is 175 Å². The molecule has 6 aromatic carbocycles. The van der Waals surface area contributed by atoms with Crippen molar-refractivity contribution in [3.05, 3.63) is 181 Å². The highest BCUT2D eigenvalue weighted by Crippen LogP contribution is 2.28. The molecule has 0 unspecified atom stereocenters. The highest BCUT2D eigenvalue weighted by atomic mass is 16.5. The molecule has 0 bridgehead atoms. The summed E-state index contributed by atoms with van der Waals surface area (Å²) in [5.74, 6) is 2.04. The Bertz CT molecular complexity index is 3630. The topological polar surface area (TPSA) is 237 Å². The Morgan fingerprint density at radius 1 is 0.283 bits per heavy atom. The molecule has 99 heavy (non-hydrogen) atoms. The van der Waals surface area contributed by atoms with Crippen LogP contribution in [0.3, 0.4) is 0 Å². The van der Waals surface area contributed by atoms with Gasteiger partial charge in [0.25, 0.3) is 0 Å². The molecule has 516 valence electrons. The molecule has 0 saturated heterocycles. The third kappa shape index (κ3) is 22.3. The second-order valence-electron chi connectivity index (χ2n) is 24.6. The monoisotopic (exact) mass is 1340 g/mol. The van der Waals surface area contributed by atoms with Crippen LogP contribution in [0.4, 0.5) is 0 Å². The molecule has 10 rings (SSSR count). The van der Waals surface area contributed by atoms with Gasteiger partial charge >= 0.3 is 17.9 Å². The molecule has 0 saturated carbocycles. The minimum absolute atomic E-state index is 0.139. The Morgan fingerprint density at radius 2 is 0.505 bits per heavy atom. The predicted molar refractivity (Wildman–Crippen MR) is 379 cm³/mol. The van der Waals surface area contributed by atoms with Gasteiger partial charge in [-0.25, -0.2) is 43.4 Å². The van der Waals surface area contributed by atoms with Crippen LogP contribution in [0.5, 0.6) is 34.5 Å². The van der Waals surface area contributed by atoms with Crippen molar-refractivity contribution in [3.63, 3.8) is 0 Å². The van der Waals surface area contributed by atoms with Crippen LogP contribution in [0.25, 0.3) is 51.6 Å². The number of esters is 3. The number of hydrogen-bond donors (Lipinski definition) is 0. The van der Waals surface area contributed by atoms with Crippen molar-refractivity contribution in [2.75, 3.05) is 19.8 Å². The second-order valence-corrected chi connectivity index (χ2v) is 24.6. The number of rotatable bonds is 42. The van der Waals surface area contributed by atoms with Gasteiger partial charge < -0.3 is 28.4 Å². The van der Waals surface area contributed by atoms with Gasteiger partial charge in [-0.15, -0.1) is 15.3 Å². The lowest BCUT2D eigenvalue weighted by molar-refractivity contribution is 0.0725. The molecule has 0 amide bonds. The zero-order valence-electron chi connectivity index (χ0n) is 57.2. The largest absolute Gasteiger partial charge is 0.494 e. The predicted octanol–water partition coefficient (Wildman–Crippen LogP) is 17.8. The normalized spacial score (nSPS) is 11.2. The highest BCUT2D eigenvalue weighted by Gasteiger charge is 2.21. The maximum absolute atomic E-state index is 13.2. The van der Waals surface area contributed by atoms with Gasteiger partial charge in [0.05, 0.1) is 72.2 Å². The highest BCUT2D eigenvalue weighted by molar-refractivity contribution is 5.92. The minimum Gasteiger partial charge on any atom is -0.494 e. The van der Waals surface area contributed by atoms with Crippen molar-refractivity contribution in [2.24, 2.45) is 0 Å². The molecule has 0 atom stereocenters. The van der Waals surface area contributed by atoms with E-state index < -0.39 is 17.9 Å². The zero-order chi connectivity index (χ0) is 68.6. The molecule has 0 fully saturated rings. The first-order valence-electron chi connectivity index (χ1n) is 35.4. The Labute approximate surface area is 579 Å². The van der Waals surface area contributed by atoms with Gasteiger partial charge in [-0.05, 0) is 165 Å². The standard InChI is InChI=1S/C78H90N12O9/c1-4-7-10-13-16-19-22-25-52-94-64-40-28-58(29-41-64)76(91)97-67-46-34-61(35-47-67)88-55-70(82-85-88)73-79-74(71-56-89(86-83-71)62-36-48-68(49-37-62)98-77(92)59-30-42-65(43-31-59)95-53-26-23-20-17-14-11-8-5-2)81-75(80-73)72-57-90(87-84-72)63-38-50-69(51-39-63)99-78(93)60-32-44-66(45-33-60)96-54-27-24-21-18-15-12-9-6-3/h28-51,55-57H,4-27,52-54H2,1-3H3. The van der Waals surface area contributed by atoms with Gasteiger partial charge in [0.2, 0.25) is 0 Å². The number of carbonyl (C=O) groups excluding carboxylic acids is 3. The number of unbranched alkanes of at least 4 members (excludes halogenated alkanes) is 21. The smallest absolute Gasteiger partial charge is 0.343 e. The van der Waals surface area contributed by atoms with Gasteiger partial charge in [0.1, 0.15) is 34.5 Å². The first-order chi connectivity index (χ1) is 48.7. The van der Waals surface area contributed by atoms with E-state index >= 15 is 0 Å². The van der Waals surface area contributed by atoms with Gasteiger partial charge in [0, 0.05) is 0 Å². The molecule has 21 heteroatoms. The van der Waals surface area contributed by atoms with Gasteiger partial charge in [-0.3, -0.25) is 0 Å². The Hall–Kier alpha value is -10.4. The maximum Gasteiger partial charge on any atom is 0.343 e. The zero-order valence-corrected chi connectivity index (χ0v) is 57.2. The third-order valence-electron chi connectivity index (χ3n) is 16.8. The van der Waals surface area contributed by atoms with Crippen LogP contribution in [0, 0.1) is 0 Å². The van der Waals surface area contributed by atoms with Crippen molar-refractivity contribution >= 4 is 17.9 Å². The van der Waals surface area contributed by atoms with Crippen molar-refractivity contribution in [3.8, 4) is 86.1 Å². The molecule has 0 radical (unpaired) electrons. The van der Waals surface area contributed by atoms with Crippen LogP contribution in [0.2, 0.25) is 0 Å². The fourth-order valence-electron chi connectivity index (χ4n) is 11.0. The fraction of sp³-hybridized carbons (Fsp3) is 0.385. The molecule has 0 N–H and O–H groups in total. The summed E-state index contributed by atoms with van der Waals surface area (Å²) in [7, 11) is 0. The summed E-state index contributed by atoms with van der Waals surface area (Å²) in [5.41, 5.74) is 3.87. The van der Waals surface area contributed by atoms with E-state index in [4.69, 9.17) is 43.4 Å². The third-order valence-corrected chi connectivity index (χ3v) is 16.8. The van der Waals surface area contributed by atoms with Crippen molar-refractivity contribution < 1.29 is 42.8 Å². The quantitative estimate of drug-likeness (QED) is 0.0196. The molecule has 4 aromatic heterocycles. The molecule has 0 aliphatic heterocycles. The Morgan fingerprint density at radius 3 is 0.747 bits per heavy atom. The van der Waals surface area contributed by atoms with E-state index in [2.05, 4.69) is 51.7 Å². The average molecular weight is 1340 g/mol. The van der Waals surface area contributed by atoms with Crippen molar-refractivity contribution in [1.29, 1.82) is 0 Å². The fourth-order valence-corrected chi connectivity index (χ4v) is 11.0. The summed E-state index contributed by atoms with van der Waals surface area (Å²) in [6.07, 6.45) is 34.3. The van der Waals surface area contributed by atoms with E-state index in [1.54, 1.807) is 178 Å². The summed E-state index contributed by atoms with van der Waals surface area (Å²) >= 11 is 0. The molecule has 0 aliphatic carbocycles. The van der Waals surface area contributed by atoms with E-state index in [0.29, 0.717) is 88.1 Å². The second kappa shape index (κ2) is 38.5. The van der Waals surface area contributed by atoms with E-state index in [0.717, 1.165) is 38.5 Å². The van der Waals surface area contributed by atoms with Crippen LogP contribution in [0.1, 0.15) is 206 Å². The lowest BCUT2D eigenvalue weighted by atomic mass is 10.1. The molecule has 0 aliphatic rings. The Kier molecular flexibility index (Phi) is 27.7. The number of carbonyl (C=O) groups is 3. The summed E-state index contributed by atoms with van der Waals surface area (Å²) in [6, 6.07) is 41.4. The van der Waals surface area contributed by atoms with Gasteiger partial charge in [-0.2, -0.15) is 0 Å². The van der Waals surface area contributed by atoms with E-state index in [-0.39, 0.29) is 34.6 Å². The number of aromatic nitrogens is 12. The summed E-state index contributed by atoms with van der Waals surface area (Å²) in [6.45, 7) is 8.59.